The third-order valence-electron chi connectivity index (χ3n) is 4.96. The summed E-state index contributed by atoms with van der Waals surface area (Å²) in [5, 5.41) is 2.91. The van der Waals surface area contributed by atoms with E-state index in [1.165, 1.54) is 0 Å². The molecule has 2 fully saturated rings. The summed E-state index contributed by atoms with van der Waals surface area (Å²) in [5.74, 6) is -0.207. The zero-order chi connectivity index (χ0) is 19.1. The van der Waals surface area contributed by atoms with Crippen LogP contribution in [0.1, 0.15) is 20.7 Å². The van der Waals surface area contributed by atoms with Gasteiger partial charge in [-0.05, 0) is 24.3 Å². The zero-order valence-electron chi connectivity index (χ0n) is 15.4. The maximum absolute atomic E-state index is 12.5. The second-order valence-corrected chi connectivity index (χ2v) is 6.72. The maximum atomic E-state index is 12.5. The van der Waals surface area contributed by atoms with Crippen LogP contribution >= 0.6 is 0 Å². The molecule has 2 heterocycles. The average Bonchev–Trinajstić information content (AvgIpc) is 2.74. The van der Waals surface area contributed by atoms with E-state index in [1.807, 2.05) is 0 Å². The van der Waals surface area contributed by atoms with E-state index in [4.69, 9.17) is 4.74 Å². The van der Waals surface area contributed by atoms with E-state index in [9.17, 15) is 14.4 Å². The van der Waals surface area contributed by atoms with Gasteiger partial charge < -0.3 is 19.9 Å². The van der Waals surface area contributed by atoms with Gasteiger partial charge in [0.05, 0.1) is 13.2 Å². The molecule has 8 heteroatoms. The minimum atomic E-state index is -0.137. The number of carbonyl (C=O) groups is 3. The SMILES string of the molecule is O=CN1CCN(C(=O)c2ccc(C(=O)NCCN3CCOCC3)cc2)CC1. The van der Waals surface area contributed by atoms with Gasteiger partial charge in [-0.1, -0.05) is 0 Å². The molecule has 0 spiro atoms. The molecule has 0 unspecified atom stereocenters. The molecular weight excluding hydrogens is 348 g/mol. The quantitative estimate of drug-likeness (QED) is 0.689. The number of nitrogens with zero attached hydrogens (tertiary/aromatic N) is 3. The second kappa shape index (κ2) is 9.48. The highest BCUT2D eigenvalue weighted by molar-refractivity contribution is 5.97. The van der Waals surface area contributed by atoms with E-state index in [-0.39, 0.29) is 11.8 Å². The van der Waals surface area contributed by atoms with Crippen LogP contribution in [0, 0.1) is 0 Å². The first-order chi connectivity index (χ1) is 13.2. The summed E-state index contributed by atoms with van der Waals surface area (Å²) in [7, 11) is 0. The van der Waals surface area contributed by atoms with Gasteiger partial charge in [0.2, 0.25) is 6.41 Å². The molecule has 0 bridgehead atoms. The van der Waals surface area contributed by atoms with E-state index in [1.54, 1.807) is 34.1 Å². The number of ether oxygens (including phenoxy) is 1. The van der Waals surface area contributed by atoms with Crippen molar-refractivity contribution in [2.45, 2.75) is 0 Å². The van der Waals surface area contributed by atoms with Crippen molar-refractivity contribution in [3.8, 4) is 0 Å². The lowest BCUT2D eigenvalue weighted by atomic mass is 10.1. The Balaban J connectivity index is 1.46. The number of carbonyl (C=O) groups excluding carboxylic acids is 3. The average molecular weight is 374 g/mol. The minimum absolute atomic E-state index is 0.0696. The third-order valence-corrected chi connectivity index (χ3v) is 4.96. The third kappa shape index (κ3) is 5.27. The van der Waals surface area contributed by atoms with Crippen molar-refractivity contribution in [1.82, 2.24) is 20.0 Å². The predicted molar refractivity (Wildman–Crippen MR) is 99.6 cm³/mol. The summed E-state index contributed by atoms with van der Waals surface area (Å²) in [6, 6.07) is 6.73. The Kier molecular flexibility index (Phi) is 6.78. The van der Waals surface area contributed by atoms with Crippen LogP contribution in [0.25, 0.3) is 0 Å². The molecule has 0 saturated carbocycles. The number of rotatable bonds is 6. The number of morpholine rings is 1. The molecule has 3 amide bonds. The van der Waals surface area contributed by atoms with E-state index in [0.717, 1.165) is 39.3 Å². The topological polar surface area (TPSA) is 82.2 Å². The number of benzene rings is 1. The van der Waals surface area contributed by atoms with Gasteiger partial charge in [-0.25, -0.2) is 0 Å². The first kappa shape index (κ1) is 19.3. The Morgan fingerprint density at radius 2 is 1.59 bits per heavy atom. The molecule has 2 aliphatic rings. The standard InChI is InChI=1S/C19H26N4O4/c24-15-22-7-9-23(10-8-22)19(26)17-3-1-16(2-4-17)18(25)20-5-6-21-11-13-27-14-12-21/h1-4,15H,5-14H2,(H,20,25). The fourth-order valence-corrected chi connectivity index (χ4v) is 3.23. The van der Waals surface area contributed by atoms with Gasteiger partial charge in [0.25, 0.3) is 11.8 Å². The Labute approximate surface area is 159 Å². The molecule has 1 N–H and O–H groups in total. The molecule has 27 heavy (non-hydrogen) atoms. The van der Waals surface area contributed by atoms with E-state index in [0.29, 0.717) is 43.9 Å². The summed E-state index contributed by atoms with van der Waals surface area (Å²) in [5.41, 5.74) is 1.10. The number of nitrogens with one attached hydrogen (secondary N) is 1. The number of piperazine rings is 1. The van der Waals surface area contributed by atoms with Crippen LogP contribution in [0.2, 0.25) is 0 Å². The Hall–Kier alpha value is -2.45. The van der Waals surface area contributed by atoms with Crippen LogP contribution in [-0.2, 0) is 9.53 Å². The highest BCUT2D eigenvalue weighted by Crippen LogP contribution is 2.10. The van der Waals surface area contributed by atoms with Crippen LogP contribution < -0.4 is 5.32 Å². The fraction of sp³-hybridized carbons (Fsp3) is 0.526. The molecular formula is C19H26N4O4. The highest BCUT2D eigenvalue weighted by atomic mass is 16.5. The summed E-state index contributed by atoms with van der Waals surface area (Å²) >= 11 is 0. The number of amides is 3. The van der Waals surface area contributed by atoms with Crippen molar-refractivity contribution >= 4 is 18.2 Å². The first-order valence-electron chi connectivity index (χ1n) is 9.34. The minimum Gasteiger partial charge on any atom is -0.379 e. The zero-order valence-corrected chi connectivity index (χ0v) is 15.4. The monoisotopic (exact) mass is 374 g/mol. The smallest absolute Gasteiger partial charge is 0.253 e. The molecule has 2 aliphatic heterocycles. The summed E-state index contributed by atoms with van der Waals surface area (Å²) in [4.78, 5) is 41.2. The van der Waals surface area contributed by atoms with Crippen molar-refractivity contribution in [2.75, 3.05) is 65.6 Å². The Bertz CT molecular complexity index is 650. The molecule has 0 atom stereocenters. The molecule has 1 aromatic rings. The van der Waals surface area contributed by atoms with Crippen molar-refractivity contribution < 1.29 is 19.1 Å². The molecule has 1 aromatic carbocycles. The number of hydrogen-bond donors (Lipinski definition) is 1. The number of hydrogen-bond acceptors (Lipinski definition) is 5. The largest absolute Gasteiger partial charge is 0.379 e. The molecule has 0 radical (unpaired) electrons. The lowest BCUT2D eigenvalue weighted by molar-refractivity contribution is -0.119. The normalized spacial score (nSPS) is 18.2. The van der Waals surface area contributed by atoms with Gasteiger partial charge in [-0.15, -0.1) is 0 Å². The van der Waals surface area contributed by atoms with Gasteiger partial charge in [0.15, 0.2) is 0 Å². The lowest BCUT2D eigenvalue weighted by Crippen LogP contribution is -2.48. The van der Waals surface area contributed by atoms with E-state index in [2.05, 4.69) is 10.2 Å². The molecule has 8 nitrogen and oxygen atoms in total. The molecule has 3 rings (SSSR count). The van der Waals surface area contributed by atoms with Gasteiger partial charge in [0, 0.05) is 63.5 Å². The summed E-state index contributed by atoms with van der Waals surface area (Å²) in [6.45, 7) is 6.84. The first-order valence-corrected chi connectivity index (χ1v) is 9.34. The lowest BCUT2D eigenvalue weighted by Gasteiger charge is -2.32. The van der Waals surface area contributed by atoms with Crippen molar-refractivity contribution in [3.05, 3.63) is 35.4 Å². The van der Waals surface area contributed by atoms with Crippen LogP contribution in [0.4, 0.5) is 0 Å². The predicted octanol–water partition coefficient (Wildman–Crippen LogP) is -0.337. The second-order valence-electron chi connectivity index (χ2n) is 6.72. The molecule has 146 valence electrons. The van der Waals surface area contributed by atoms with Crippen LogP contribution in [0.5, 0.6) is 0 Å². The van der Waals surface area contributed by atoms with Crippen molar-refractivity contribution in [2.24, 2.45) is 0 Å². The Morgan fingerprint density at radius 3 is 2.22 bits per heavy atom. The molecule has 0 aliphatic carbocycles. The van der Waals surface area contributed by atoms with Crippen molar-refractivity contribution in [1.29, 1.82) is 0 Å². The molecule has 0 aromatic heterocycles. The van der Waals surface area contributed by atoms with E-state index >= 15 is 0 Å². The van der Waals surface area contributed by atoms with Crippen LogP contribution in [0.3, 0.4) is 0 Å². The van der Waals surface area contributed by atoms with Gasteiger partial charge in [0.1, 0.15) is 0 Å². The van der Waals surface area contributed by atoms with E-state index < -0.39 is 0 Å². The van der Waals surface area contributed by atoms with Gasteiger partial charge in [-0.3, -0.25) is 19.3 Å². The van der Waals surface area contributed by atoms with Crippen LogP contribution in [-0.4, -0.2) is 98.5 Å². The summed E-state index contributed by atoms with van der Waals surface area (Å²) < 4.78 is 5.30. The summed E-state index contributed by atoms with van der Waals surface area (Å²) in [6.07, 6.45) is 0.814. The highest BCUT2D eigenvalue weighted by Gasteiger charge is 2.21. The van der Waals surface area contributed by atoms with Gasteiger partial charge >= 0.3 is 0 Å². The van der Waals surface area contributed by atoms with Gasteiger partial charge in [-0.2, -0.15) is 0 Å². The Morgan fingerprint density at radius 1 is 0.963 bits per heavy atom. The molecule has 2 saturated heterocycles. The maximum Gasteiger partial charge on any atom is 0.253 e. The fourth-order valence-electron chi connectivity index (χ4n) is 3.23. The van der Waals surface area contributed by atoms with Crippen molar-refractivity contribution in [3.63, 3.8) is 0 Å². The van der Waals surface area contributed by atoms with Crippen LogP contribution in [0.15, 0.2) is 24.3 Å².